The second-order valence-corrected chi connectivity index (χ2v) is 7.08. The van der Waals surface area contributed by atoms with Crippen molar-refractivity contribution in [3.63, 3.8) is 0 Å². The van der Waals surface area contributed by atoms with Crippen molar-refractivity contribution >= 4 is 17.4 Å². The quantitative estimate of drug-likeness (QED) is 0.387. The Kier molecular flexibility index (Phi) is 5.49. The average Bonchev–Trinajstić information content (AvgIpc) is 3.04. The second-order valence-electron chi connectivity index (χ2n) is 7.08. The number of Topliss-reactive ketones (excluding diaryl/α,β-unsaturated/α-hetero) is 1. The summed E-state index contributed by atoms with van der Waals surface area (Å²) in [5.41, 5.74) is 1.30. The summed E-state index contributed by atoms with van der Waals surface area (Å²) >= 11 is 0. The number of methoxy groups -OCH3 is 1. The fraction of sp³-hybridized carbons (Fsp3) is 0.125. The molecule has 0 bridgehead atoms. The van der Waals surface area contributed by atoms with E-state index in [1.165, 1.54) is 30.2 Å². The first-order valence-electron chi connectivity index (χ1n) is 9.57. The van der Waals surface area contributed by atoms with Crippen LogP contribution in [0.15, 0.2) is 78.6 Å². The number of hydrogen-bond acceptors (Lipinski definition) is 5. The maximum Gasteiger partial charge on any atom is 0.295 e. The average molecular weight is 418 g/mol. The lowest BCUT2D eigenvalue weighted by atomic mass is 9.95. The minimum absolute atomic E-state index is 0.0779. The first-order chi connectivity index (χ1) is 15.0. The van der Waals surface area contributed by atoms with Gasteiger partial charge >= 0.3 is 0 Å². The van der Waals surface area contributed by atoms with E-state index in [1.807, 2.05) is 0 Å². The molecular weight excluding hydrogens is 399 g/mol. The highest BCUT2D eigenvalue weighted by Crippen LogP contribution is 2.40. The van der Waals surface area contributed by atoms with Gasteiger partial charge in [-0.15, -0.1) is 0 Å². The summed E-state index contributed by atoms with van der Waals surface area (Å²) in [5.74, 6) is -1.98. The molecule has 2 aromatic carbocycles. The van der Waals surface area contributed by atoms with Crippen molar-refractivity contribution in [1.29, 1.82) is 0 Å². The van der Waals surface area contributed by atoms with Gasteiger partial charge in [-0.05, 0) is 41.5 Å². The summed E-state index contributed by atoms with van der Waals surface area (Å²) in [6.07, 6.45) is 3.19. The van der Waals surface area contributed by atoms with E-state index >= 15 is 0 Å². The molecule has 0 spiro atoms. The van der Waals surface area contributed by atoms with Gasteiger partial charge < -0.3 is 14.7 Å². The molecule has 0 saturated carbocycles. The molecule has 2 heterocycles. The first kappa shape index (κ1) is 20.3. The Labute approximate surface area is 178 Å². The number of aliphatic hydroxyl groups excluding tert-OH is 1. The minimum Gasteiger partial charge on any atom is -0.507 e. The zero-order chi connectivity index (χ0) is 22.0. The second kappa shape index (κ2) is 8.39. The summed E-state index contributed by atoms with van der Waals surface area (Å²) in [5, 5.41) is 11.0. The number of pyridine rings is 1. The van der Waals surface area contributed by atoms with Crippen LogP contribution < -0.4 is 4.74 Å². The van der Waals surface area contributed by atoms with Crippen LogP contribution >= 0.6 is 0 Å². The summed E-state index contributed by atoms with van der Waals surface area (Å²) in [6.45, 7) is 0.0779. The third-order valence-electron chi connectivity index (χ3n) is 5.12. The van der Waals surface area contributed by atoms with Crippen molar-refractivity contribution in [3.8, 4) is 5.75 Å². The Morgan fingerprint density at radius 2 is 1.94 bits per heavy atom. The Bertz CT molecular complexity index is 1180. The minimum atomic E-state index is -0.956. The molecule has 4 rings (SSSR count). The highest BCUT2D eigenvalue weighted by molar-refractivity contribution is 6.46. The van der Waals surface area contributed by atoms with Crippen LogP contribution in [-0.2, 0) is 16.1 Å². The number of hydrogen-bond donors (Lipinski definition) is 1. The first-order valence-corrected chi connectivity index (χ1v) is 9.57. The maximum atomic E-state index is 14.0. The summed E-state index contributed by atoms with van der Waals surface area (Å²) in [4.78, 5) is 31.3. The molecule has 1 atom stereocenters. The molecule has 1 fully saturated rings. The van der Waals surface area contributed by atoms with Gasteiger partial charge in [-0.1, -0.05) is 30.3 Å². The maximum absolute atomic E-state index is 14.0. The normalized spacial score (nSPS) is 17.7. The van der Waals surface area contributed by atoms with E-state index in [4.69, 9.17) is 4.74 Å². The van der Waals surface area contributed by atoms with Crippen LogP contribution in [0.2, 0.25) is 0 Å². The predicted octanol–water partition coefficient (Wildman–Crippen LogP) is 3.85. The van der Waals surface area contributed by atoms with Crippen LogP contribution in [0.4, 0.5) is 4.39 Å². The SMILES string of the molecule is COc1cccc(C(O)=C2C(=O)C(=O)N(Cc3cccnc3)C2c2cccc(F)c2)c1. The van der Waals surface area contributed by atoms with Gasteiger partial charge in [0, 0.05) is 24.5 Å². The zero-order valence-corrected chi connectivity index (χ0v) is 16.7. The fourth-order valence-corrected chi connectivity index (χ4v) is 3.68. The number of carbonyl (C=O) groups is 2. The number of carbonyl (C=O) groups excluding carboxylic acids is 2. The van der Waals surface area contributed by atoms with Crippen molar-refractivity contribution in [2.75, 3.05) is 7.11 Å². The van der Waals surface area contributed by atoms with Crippen LogP contribution in [0.3, 0.4) is 0 Å². The number of ketones is 1. The van der Waals surface area contributed by atoms with E-state index in [0.717, 1.165) is 0 Å². The highest BCUT2D eigenvalue weighted by Gasteiger charge is 2.46. The van der Waals surface area contributed by atoms with Gasteiger partial charge in [-0.25, -0.2) is 4.39 Å². The van der Waals surface area contributed by atoms with Gasteiger partial charge in [-0.2, -0.15) is 0 Å². The molecule has 1 aliphatic heterocycles. The van der Waals surface area contributed by atoms with Crippen molar-refractivity contribution < 1.29 is 23.8 Å². The monoisotopic (exact) mass is 418 g/mol. The summed E-state index contributed by atoms with van der Waals surface area (Å²) in [7, 11) is 1.48. The number of ether oxygens (including phenoxy) is 1. The Hall–Kier alpha value is -4.00. The standard InChI is InChI=1S/C24H19FN2O4/c1-31-19-9-3-7-17(12-19)22(28)20-21(16-6-2-8-18(25)11-16)27(24(30)23(20)29)14-15-5-4-10-26-13-15/h2-13,21,28H,14H2,1H3. The Balaban J connectivity index is 1.87. The van der Waals surface area contributed by atoms with E-state index in [9.17, 15) is 19.1 Å². The van der Waals surface area contributed by atoms with Gasteiger partial charge in [-0.3, -0.25) is 14.6 Å². The molecule has 31 heavy (non-hydrogen) atoms. The molecule has 0 aliphatic carbocycles. The number of likely N-dealkylation sites (tertiary alicyclic amines) is 1. The van der Waals surface area contributed by atoms with Crippen LogP contribution in [0.25, 0.3) is 5.76 Å². The number of rotatable bonds is 5. The van der Waals surface area contributed by atoms with Crippen molar-refractivity contribution in [3.05, 3.63) is 101 Å². The van der Waals surface area contributed by atoms with Crippen molar-refractivity contribution in [2.45, 2.75) is 12.6 Å². The fourth-order valence-electron chi connectivity index (χ4n) is 3.68. The summed E-state index contributed by atoms with van der Waals surface area (Å²) < 4.78 is 19.2. The van der Waals surface area contributed by atoms with Gasteiger partial charge in [0.05, 0.1) is 18.7 Å². The molecule has 6 nitrogen and oxygen atoms in total. The van der Waals surface area contributed by atoms with Crippen LogP contribution in [-0.4, -0.2) is 33.8 Å². The van der Waals surface area contributed by atoms with Crippen molar-refractivity contribution in [1.82, 2.24) is 9.88 Å². The van der Waals surface area contributed by atoms with E-state index in [-0.39, 0.29) is 17.9 Å². The Morgan fingerprint density at radius 1 is 1.13 bits per heavy atom. The largest absolute Gasteiger partial charge is 0.507 e. The molecule has 7 heteroatoms. The Morgan fingerprint density at radius 3 is 2.65 bits per heavy atom. The smallest absolute Gasteiger partial charge is 0.295 e. The summed E-state index contributed by atoms with van der Waals surface area (Å²) in [6, 6.07) is 14.7. The van der Waals surface area contributed by atoms with Gasteiger partial charge in [0.25, 0.3) is 11.7 Å². The highest BCUT2D eigenvalue weighted by atomic mass is 19.1. The number of benzene rings is 2. The third-order valence-corrected chi connectivity index (χ3v) is 5.12. The molecule has 3 aromatic rings. The topological polar surface area (TPSA) is 79.7 Å². The van der Waals surface area contributed by atoms with Crippen LogP contribution in [0, 0.1) is 5.82 Å². The van der Waals surface area contributed by atoms with Gasteiger partial charge in [0.1, 0.15) is 17.3 Å². The number of nitrogens with zero attached hydrogens (tertiary/aromatic N) is 2. The number of halogens is 1. The molecule has 1 aliphatic rings. The third kappa shape index (κ3) is 3.90. The van der Waals surface area contributed by atoms with Gasteiger partial charge in [0.2, 0.25) is 0 Å². The lowest BCUT2D eigenvalue weighted by Crippen LogP contribution is -2.29. The molecule has 1 amide bonds. The van der Waals surface area contributed by atoms with Crippen LogP contribution in [0.5, 0.6) is 5.75 Å². The van der Waals surface area contributed by atoms with Crippen LogP contribution in [0.1, 0.15) is 22.7 Å². The number of amides is 1. The molecule has 1 unspecified atom stereocenters. The van der Waals surface area contributed by atoms with E-state index in [2.05, 4.69) is 4.98 Å². The molecule has 156 valence electrons. The van der Waals surface area contributed by atoms with E-state index in [0.29, 0.717) is 22.4 Å². The number of aromatic nitrogens is 1. The lowest BCUT2D eigenvalue weighted by molar-refractivity contribution is -0.140. The molecule has 0 radical (unpaired) electrons. The number of aliphatic hydroxyl groups is 1. The van der Waals surface area contributed by atoms with E-state index < -0.39 is 23.5 Å². The van der Waals surface area contributed by atoms with Gasteiger partial charge in [0.15, 0.2) is 0 Å². The van der Waals surface area contributed by atoms with Crippen molar-refractivity contribution in [2.24, 2.45) is 0 Å². The van der Waals surface area contributed by atoms with E-state index in [1.54, 1.807) is 54.9 Å². The zero-order valence-electron chi connectivity index (χ0n) is 16.7. The predicted molar refractivity (Wildman–Crippen MR) is 111 cm³/mol. The molecular formula is C24H19FN2O4. The lowest BCUT2D eigenvalue weighted by Gasteiger charge is -2.25. The molecule has 1 saturated heterocycles. The molecule has 1 aromatic heterocycles. The molecule has 1 N–H and O–H groups in total.